The van der Waals surface area contributed by atoms with E-state index in [0.717, 1.165) is 57.2 Å². The fourth-order valence-electron chi connectivity index (χ4n) is 4.10. The lowest BCUT2D eigenvalue weighted by atomic mass is 10.0. The number of hydrogen-bond acceptors (Lipinski definition) is 5. The van der Waals surface area contributed by atoms with Gasteiger partial charge in [0.25, 0.3) is 0 Å². The number of benzene rings is 3. The van der Waals surface area contributed by atoms with Crippen LogP contribution < -0.4 is 14.2 Å². The van der Waals surface area contributed by atoms with Crippen molar-refractivity contribution in [2.24, 2.45) is 0 Å². The summed E-state index contributed by atoms with van der Waals surface area (Å²) in [5, 5.41) is 10.1. The van der Waals surface area contributed by atoms with Crippen LogP contribution >= 0.6 is 0 Å². The number of pyridine rings is 1. The fraction of sp³-hybridized carbons (Fsp3) is 0.120. The first kappa shape index (κ1) is 17.8. The van der Waals surface area contributed by atoms with Gasteiger partial charge in [0, 0.05) is 35.3 Å². The molecule has 3 aliphatic rings. The third kappa shape index (κ3) is 2.95. The molecule has 0 amide bonds. The zero-order valence-electron chi connectivity index (χ0n) is 16.9. The molecule has 0 bridgehead atoms. The van der Waals surface area contributed by atoms with E-state index in [0.29, 0.717) is 0 Å². The quantitative estimate of drug-likeness (QED) is 0.419. The fourth-order valence-corrected chi connectivity index (χ4v) is 4.10. The number of rotatable bonds is 4. The van der Waals surface area contributed by atoms with Crippen molar-refractivity contribution in [1.29, 1.82) is 0 Å². The molecule has 3 heterocycles. The Morgan fingerprint density at radius 3 is 2.42 bits per heavy atom. The normalized spacial score (nSPS) is 12.5. The molecule has 0 aromatic heterocycles. The Labute approximate surface area is 179 Å². The van der Waals surface area contributed by atoms with E-state index >= 15 is 0 Å². The molecular formula is C25H19N3O3. The zero-order chi connectivity index (χ0) is 20.8. The first-order chi connectivity index (χ1) is 15.3. The van der Waals surface area contributed by atoms with Crippen LogP contribution in [0.25, 0.3) is 33.4 Å². The van der Waals surface area contributed by atoms with Crippen molar-refractivity contribution in [1.82, 2.24) is 14.8 Å². The number of ether oxygens (including phenoxy) is 3. The van der Waals surface area contributed by atoms with Crippen LogP contribution in [0.4, 0.5) is 0 Å². The zero-order valence-corrected chi connectivity index (χ0v) is 16.9. The largest absolute Gasteiger partial charge is 0.497 e. The summed E-state index contributed by atoms with van der Waals surface area (Å²) in [4.78, 5) is 0. The Morgan fingerprint density at radius 2 is 1.65 bits per heavy atom. The van der Waals surface area contributed by atoms with E-state index in [1.807, 2.05) is 42.5 Å². The third-order valence-electron chi connectivity index (χ3n) is 5.66. The molecule has 6 heteroatoms. The van der Waals surface area contributed by atoms with Crippen molar-refractivity contribution in [3.8, 4) is 39.8 Å². The lowest BCUT2D eigenvalue weighted by Gasteiger charge is -2.16. The third-order valence-corrected chi connectivity index (χ3v) is 5.66. The molecule has 6 nitrogen and oxygen atoms in total. The molecule has 0 fully saturated rings. The maximum atomic E-state index is 5.64. The van der Waals surface area contributed by atoms with Gasteiger partial charge in [0.1, 0.15) is 17.1 Å². The van der Waals surface area contributed by atoms with Gasteiger partial charge in [-0.2, -0.15) is 0 Å². The molecule has 3 aromatic carbocycles. The second-order valence-corrected chi connectivity index (χ2v) is 7.50. The summed E-state index contributed by atoms with van der Waals surface area (Å²) < 4.78 is 18.8. The smallest absolute Gasteiger partial charge is 0.231 e. The number of methoxy groups -OCH3 is 1. The summed E-state index contributed by atoms with van der Waals surface area (Å²) in [6.45, 7) is 0.956. The molecule has 152 valence electrons. The van der Waals surface area contributed by atoms with E-state index in [-0.39, 0.29) is 6.79 Å². The van der Waals surface area contributed by atoms with Crippen molar-refractivity contribution in [2.75, 3.05) is 13.9 Å². The number of hydrogen-bond donors (Lipinski definition) is 0. The van der Waals surface area contributed by atoms with E-state index < -0.39 is 0 Å². The monoisotopic (exact) mass is 409 g/mol. The van der Waals surface area contributed by atoms with Gasteiger partial charge in [-0.05, 0) is 35.9 Å². The van der Waals surface area contributed by atoms with Crippen LogP contribution in [0.2, 0.25) is 0 Å². The van der Waals surface area contributed by atoms with Gasteiger partial charge >= 0.3 is 0 Å². The predicted octanol–water partition coefficient (Wildman–Crippen LogP) is 4.99. The van der Waals surface area contributed by atoms with Gasteiger partial charge in [-0.15, -0.1) is 10.2 Å². The van der Waals surface area contributed by atoms with Crippen LogP contribution in [0.5, 0.6) is 17.2 Å². The predicted molar refractivity (Wildman–Crippen MR) is 118 cm³/mol. The molecule has 0 saturated heterocycles. The van der Waals surface area contributed by atoms with Gasteiger partial charge < -0.3 is 18.8 Å². The lowest BCUT2D eigenvalue weighted by molar-refractivity contribution is 0.174. The van der Waals surface area contributed by atoms with Crippen LogP contribution in [0.15, 0.2) is 72.9 Å². The minimum Gasteiger partial charge on any atom is -0.497 e. The number of fused-ring (bicyclic) bond motifs is 4. The first-order valence-electron chi connectivity index (χ1n) is 10.1. The topological polar surface area (TPSA) is 58.4 Å². The Kier molecular flexibility index (Phi) is 4.02. The van der Waals surface area contributed by atoms with E-state index in [1.54, 1.807) is 7.11 Å². The summed E-state index contributed by atoms with van der Waals surface area (Å²) in [5.41, 5.74) is 5.93. The van der Waals surface area contributed by atoms with Gasteiger partial charge in [0.2, 0.25) is 6.79 Å². The summed E-state index contributed by atoms with van der Waals surface area (Å²) in [7, 11) is 1.66. The standard InChI is InChI=1S/C25H19N3O3/c1-29-18-9-7-17(8-10-18)24-20-14-28(13-16-5-3-2-4-6-16)21-12-23-22(30-15-31-23)11-19(21)25(20)27-26-24/h2-12,14H,13,15H2,1H3. The van der Waals surface area contributed by atoms with Crippen molar-refractivity contribution >= 4 is 10.9 Å². The average molecular weight is 409 g/mol. The van der Waals surface area contributed by atoms with Gasteiger partial charge in [0.05, 0.1) is 12.6 Å². The number of aromatic nitrogens is 3. The highest BCUT2D eigenvalue weighted by Crippen LogP contribution is 2.42. The maximum absolute atomic E-state index is 5.64. The number of nitrogens with zero attached hydrogens (tertiary/aromatic N) is 3. The van der Waals surface area contributed by atoms with E-state index in [9.17, 15) is 0 Å². The maximum Gasteiger partial charge on any atom is 0.231 e. The lowest BCUT2D eigenvalue weighted by Crippen LogP contribution is -2.04. The van der Waals surface area contributed by atoms with Gasteiger partial charge in [0.15, 0.2) is 11.5 Å². The molecule has 0 saturated carbocycles. The molecule has 0 atom stereocenters. The van der Waals surface area contributed by atoms with Crippen molar-refractivity contribution < 1.29 is 14.2 Å². The van der Waals surface area contributed by atoms with Gasteiger partial charge in [-0.3, -0.25) is 0 Å². The second kappa shape index (κ2) is 7.02. The van der Waals surface area contributed by atoms with Gasteiger partial charge in [-0.25, -0.2) is 0 Å². The summed E-state index contributed by atoms with van der Waals surface area (Å²) in [6, 6.07) is 22.3. The molecule has 0 spiro atoms. The van der Waals surface area contributed by atoms with Crippen LogP contribution in [-0.2, 0) is 6.54 Å². The van der Waals surface area contributed by atoms with E-state index in [1.165, 1.54) is 5.56 Å². The molecule has 3 aliphatic heterocycles. The second-order valence-electron chi connectivity index (χ2n) is 7.50. The Hall–Kier alpha value is -4.06. The minimum atomic E-state index is 0.233. The molecule has 3 aromatic rings. The molecule has 0 N–H and O–H groups in total. The van der Waals surface area contributed by atoms with Crippen molar-refractivity contribution in [2.45, 2.75) is 6.54 Å². The summed E-state index contributed by atoms with van der Waals surface area (Å²) in [5.74, 6) is 2.30. The summed E-state index contributed by atoms with van der Waals surface area (Å²) in [6.07, 6.45) is 2.13. The molecule has 31 heavy (non-hydrogen) atoms. The summed E-state index contributed by atoms with van der Waals surface area (Å²) >= 11 is 0. The van der Waals surface area contributed by atoms with Crippen molar-refractivity contribution in [3.05, 3.63) is 78.5 Å². The molecular weight excluding hydrogens is 390 g/mol. The highest BCUT2D eigenvalue weighted by Gasteiger charge is 2.24. The van der Waals surface area contributed by atoms with E-state index in [2.05, 4.69) is 45.2 Å². The molecule has 0 unspecified atom stereocenters. The van der Waals surface area contributed by atoms with Crippen LogP contribution in [0.3, 0.4) is 0 Å². The molecule has 0 aliphatic carbocycles. The minimum absolute atomic E-state index is 0.233. The van der Waals surface area contributed by atoms with Crippen LogP contribution in [-0.4, -0.2) is 28.7 Å². The Morgan fingerprint density at radius 1 is 0.903 bits per heavy atom. The van der Waals surface area contributed by atoms with Gasteiger partial charge in [-0.1, -0.05) is 30.3 Å². The average Bonchev–Trinajstić information content (AvgIpc) is 3.45. The Balaban J connectivity index is 1.58. The highest BCUT2D eigenvalue weighted by molar-refractivity contribution is 5.99. The van der Waals surface area contributed by atoms with Crippen LogP contribution in [0, 0.1) is 0 Å². The van der Waals surface area contributed by atoms with Crippen LogP contribution in [0.1, 0.15) is 5.56 Å². The SMILES string of the molecule is COc1ccc(-c2nnc3c4cc5c(cc4n(Cc4ccccc4)cc2-3)OCO5)cc1. The first-order valence-corrected chi connectivity index (χ1v) is 10.1. The van der Waals surface area contributed by atoms with E-state index in [4.69, 9.17) is 14.2 Å². The van der Waals surface area contributed by atoms with Crippen molar-refractivity contribution in [3.63, 3.8) is 0 Å². The Bertz CT molecular complexity index is 1360. The highest BCUT2D eigenvalue weighted by atomic mass is 16.7. The molecule has 0 radical (unpaired) electrons. The molecule has 6 rings (SSSR count).